The summed E-state index contributed by atoms with van der Waals surface area (Å²) in [6.45, 7) is 1.85. The number of nitrogens with one attached hydrogen (secondary N) is 3. The molecule has 0 aliphatic rings. The van der Waals surface area contributed by atoms with E-state index in [0.717, 1.165) is 22.3 Å². The van der Waals surface area contributed by atoms with Crippen molar-refractivity contribution in [1.82, 2.24) is 25.1 Å². The molecular weight excluding hydrogens is 296 g/mol. The number of nitrogens with zero attached hydrogens (tertiary/aromatic N) is 3. The van der Waals surface area contributed by atoms with Crippen molar-refractivity contribution in [2.75, 3.05) is 0 Å². The van der Waals surface area contributed by atoms with Gasteiger partial charge in [-0.15, -0.1) is 21.5 Å². The molecule has 3 aromatic heterocycles. The summed E-state index contributed by atoms with van der Waals surface area (Å²) >= 11 is 1.43. The fraction of sp³-hybridized carbons (Fsp3) is 0.0667. The number of aromatic nitrogens is 5. The second kappa shape index (κ2) is 4.88. The molecule has 3 heterocycles. The molecule has 0 fully saturated rings. The zero-order valence-corrected chi connectivity index (χ0v) is 12.5. The van der Waals surface area contributed by atoms with E-state index in [0.29, 0.717) is 22.2 Å². The summed E-state index contributed by atoms with van der Waals surface area (Å²) in [5, 5.41) is 20.0. The van der Waals surface area contributed by atoms with Gasteiger partial charge in [0.1, 0.15) is 16.5 Å². The minimum absolute atomic E-state index is 0.407. The maximum atomic E-state index is 8.43. The quantitative estimate of drug-likeness (QED) is 0.507. The van der Waals surface area contributed by atoms with Gasteiger partial charge in [-0.25, -0.2) is 4.98 Å². The third-order valence-corrected chi connectivity index (χ3v) is 4.28. The van der Waals surface area contributed by atoms with Crippen LogP contribution in [0.1, 0.15) is 16.4 Å². The third-order valence-electron chi connectivity index (χ3n) is 3.42. The van der Waals surface area contributed by atoms with Crippen LogP contribution in [0.2, 0.25) is 0 Å². The SMILES string of the molecule is Cc1nnc(-c2csc(C(=N)c3c[nH]c4ccccc34)n2)[nH]1. The number of hydrogen-bond donors (Lipinski definition) is 3. The van der Waals surface area contributed by atoms with E-state index < -0.39 is 0 Å². The summed E-state index contributed by atoms with van der Waals surface area (Å²) in [6, 6.07) is 7.94. The highest BCUT2D eigenvalue weighted by Gasteiger charge is 2.15. The molecule has 0 amide bonds. The molecule has 0 aliphatic heterocycles. The Morgan fingerprint density at radius 3 is 2.91 bits per heavy atom. The Kier molecular flexibility index (Phi) is 2.87. The van der Waals surface area contributed by atoms with Crippen LogP contribution in [-0.4, -0.2) is 30.9 Å². The number of H-pyrrole nitrogens is 2. The van der Waals surface area contributed by atoms with Gasteiger partial charge >= 0.3 is 0 Å². The van der Waals surface area contributed by atoms with Crippen molar-refractivity contribution < 1.29 is 0 Å². The smallest absolute Gasteiger partial charge is 0.180 e. The lowest BCUT2D eigenvalue weighted by atomic mass is 10.1. The van der Waals surface area contributed by atoms with Crippen molar-refractivity contribution in [3.8, 4) is 11.5 Å². The van der Waals surface area contributed by atoms with Gasteiger partial charge in [0.2, 0.25) is 0 Å². The van der Waals surface area contributed by atoms with Crippen LogP contribution in [0.3, 0.4) is 0 Å². The number of aryl methyl sites for hydroxylation is 1. The van der Waals surface area contributed by atoms with Crippen molar-refractivity contribution in [3.05, 3.63) is 52.2 Å². The molecule has 4 aromatic rings. The van der Waals surface area contributed by atoms with E-state index in [1.54, 1.807) is 0 Å². The average Bonchev–Trinajstić information content (AvgIpc) is 3.25. The van der Waals surface area contributed by atoms with E-state index in [-0.39, 0.29) is 0 Å². The Hall–Kier alpha value is -2.80. The molecular formula is C15H12N6S. The zero-order valence-electron chi connectivity index (χ0n) is 11.7. The molecule has 0 unspecified atom stereocenters. The molecule has 1 aromatic carbocycles. The minimum Gasteiger partial charge on any atom is -0.360 e. The van der Waals surface area contributed by atoms with E-state index in [4.69, 9.17) is 5.41 Å². The Balaban J connectivity index is 1.73. The Bertz CT molecular complexity index is 977. The lowest BCUT2D eigenvalue weighted by Crippen LogP contribution is -1.99. The molecule has 0 spiro atoms. The molecule has 108 valence electrons. The van der Waals surface area contributed by atoms with Gasteiger partial charge < -0.3 is 9.97 Å². The van der Waals surface area contributed by atoms with Crippen LogP contribution in [0.15, 0.2) is 35.8 Å². The number of para-hydroxylation sites is 1. The Labute approximate surface area is 129 Å². The van der Waals surface area contributed by atoms with Crippen LogP contribution in [0.4, 0.5) is 0 Å². The standard InChI is InChI=1S/C15H12N6S/c1-8-18-14(21-20-8)12-7-22-15(19-12)13(16)10-6-17-11-5-3-2-4-9(10)11/h2-7,16-17H,1H3,(H,18,20,21). The van der Waals surface area contributed by atoms with Gasteiger partial charge in [0.05, 0.1) is 5.71 Å². The van der Waals surface area contributed by atoms with E-state index in [2.05, 4.69) is 25.1 Å². The fourth-order valence-electron chi connectivity index (χ4n) is 2.35. The normalized spacial score (nSPS) is 11.1. The van der Waals surface area contributed by atoms with Crippen molar-refractivity contribution >= 4 is 28.0 Å². The summed E-state index contributed by atoms with van der Waals surface area (Å²) in [5.74, 6) is 1.38. The molecule has 6 nitrogen and oxygen atoms in total. The minimum atomic E-state index is 0.407. The molecule has 0 aliphatic carbocycles. The van der Waals surface area contributed by atoms with E-state index in [1.807, 2.05) is 42.8 Å². The lowest BCUT2D eigenvalue weighted by molar-refractivity contribution is 1.04. The van der Waals surface area contributed by atoms with Crippen LogP contribution in [0.5, 0.6) is 0 Å². The first-order valence-electron chi connectivity index (χ1n) is 6.73. The molecule has 0 atom stereocenters. The summed E-state index contributed by atoms with van der Waals surface area (Å²) in [7, 11) is 0. The topological polar surface area (TPSA) is 94.1 Å². The first-order chi connectivity index (χ1) is 10.7. The molecule has 7 heteroatoms. The van der Waals surface area contributed by atoms with Crippen molar-refractivity contribution in [2.24, 2.45) is 0 Å². The van der Waals surface area contributed by atoms with E-state index in [9.17, 15) is 0 Å². The maximum absolute atomic E-state index is 8.43. The molecule has 0 radical (unpaired) electrons. The monoisotopic (exact) mass is 308 g/mol. The first-order valence-corrected chi connectivity index (χ1v) is 7.61. The van der Waals surface area contributed by atoms with E-state index >= 15 is 0 Å². The summed E-state index contributed by atoms with van der Waals surface area (Å²) in [4.78, 5) is 10.7. The van der Waals surface area contributed by atoms with Gasteiger partial charge in [-0.05, 0) is 13.0 Å². The number of hydrogen-bond acceptors (Lipinski definition) is 5. The Morgan fingerprint density at radius 2 is 2.09 bits per heavy atom. The maximum Gasteiger partial charge on any atom is 0.180 e. The highest BCUT2D eigenvalue weighted by Crippen LogP contribution is 2.24. The zero-order chi connectivity index (χ0) is 15.1. The van der Waals surface area contributed by atoms with Gasteiger partial charge in [0.15, 0.2) is 5.82 Å². The summed E-state index contributed by atoms with van der Waals surface area (Å²) in [5.41, 5.74) is 2.99. The number of fused-ring (bicyclic) bond motifs is 1. The molecule has 3 N–H and O–H groups in total. The third kappa shape index (κ3) is 2.03. The second-order valence-electron chi connectivity index (χ2n) is 4.92. The highest BCUT2D eigenvalue weighted by atomic mass is 32.1. The van der Waals surface area contributed by atoms with Gasteiger partial charge in [0, 0.05) is 28.0 Å². The predicted molar refractivity (Wildman–Crippen MR) is 86.5 cm³/mol. The Morgan fingerprint density at radius 1 is 1.23 bits per heavy atom. The lowest BCUT2D eigenvalue weighted by Gasteiger charge is -1.98. The molecule has 22 heavy (non-hydrogen) atoms. The van der Waals surface area contributed by atoms with Crippen LogP contribution in [-0.2, 0) is 0 Å². The number of aromatic amines is 2. The molecule has 4 rings (SSSR count). The summed E-state index contributed by atoms with van der Waals surface area (Å²) in [6.07, 6.45) is 1.85. The first kappa shape index (κ1) is 12.9. The van der Waals surface area contributed by atoms with Crippen LogP contribution < -0.4 is 0 Å². The van der Waals surface area contributed by atoms with Gasteiger partial charge in [0.25, 0.3) is 0 Å². The van der Waals surface area contributed by atoms with Gasteiger partial charge in [-0.3, -0.25) is 5.41 Å². The number of benzene rings is 1. The molecule has 0 saturated carbocycles. The van der Waals surface area contributed by atoms with Crippen LogP contribution in [0, 0.1) is 12.3 Å². The molecule has 0 saturated heterocycles. The van der Waals surface area contributed by atoms with Gasteiger partial charge in [-0.2, -0.15) is 0 Å². The van der Waals surface area contributed by atoms with Crippen LogP contribution in [0.25, 0.3) is 22.4 Å². The van der Waals surface area contributed by atoms with Crippen molar-refractivity contribution in [1.29, 1.82) is 5.41 Å². The molecule has 0 bridgehead atoms. The van der Waals surface area contributed by atoms with Gasteiger partial charge in [-0.1, -0.05) is 18.2 Å². The van der Waals surface area contributed by atoms with Crippen molar-refractivity contribution in [2.45, 2.75) is 6.92 Å². The second-order valence-corrected chi connectivity index (χ2v) is 5.78. The largest absolute Gasteiger partial charge is 0.360 e. The predicted octanol–water partition coefficient (Wildman–Crippen LogP) is 3.13. The summed E-state index contributed by atoms with van der Waals surface area (Å²) < 4.78 is 0. The number of rotatable bonds is 3. The van der Waals surface area contributed by atoms with Crippen LogP contribution >= 0.6 is 11.3 Å². The fourth-order valence-corrected chi connectivity index (χ4v) is 3.12. The van der Waals surface area contributed by atoms with Crippen molar-refractivity contribution in [3.63, 3.8) is 0 Å². The van der Waals surface area contributed by atoms with E-state index in [1.165, 1.54) is 11.3 Å². The average molecular weight is 308 g/mol. The number of thiazole rings is 1. The highest BCUT2D eigenvalue weighted by molar-refractivity contribution is 7.12.